The van der Waals surface area contributed by atoms with E-state index in [2.05, 4.69) is 21.2 Å². The van der Waals surface area contributed by atoms with E-state index in [1.165, 1.54) is 17.9 Å². The van der Waals surface area contributed by atoms with Gasteiger partial charge in [0.25, 0.3) is 0 Å². The van der Waals surface area contributed by atoms with Crippen LogP contribution in [0.2, 0.25) is 0 Å². The number of rotatable bonds is 2. The van der Waals surface area contributed by atoms with Gasteiger partial charge in [-0.05, 0) is 37.7 Å². The molecule has 13 heavy (non-hydrogen) atoms. The molecule has 1 N–H and O–H groups in total. The van der Waals surface area contributed by atoms with Crippen LogP contribution in [0, 0.1) is 0 Å². The molecule has 1 rings (SSSR count). The van der Waals surface area contributed by atoms with Crippen LogP contribution in [-0.2, 0) is 4.79 Å². The Morgan fingerprint density at radius 1 is 1.54 bits per heavy atom. The summed E-state index contributed by atoms with van der Waals surface area (Å²) in [6.07, 6.45) is 3.49. The molecular formula is C9H16BrNOS. The second kappa shape index (κ2) is 5.91. The van der Waals surface area contributed by atoms with Crippen LogP contribution in [0.15, 0.2) is 0 Å². The van der Waals surface area contributed by atoms with Gasteiger partial charge < -0.3 is 5.32 Å². The van der Waals surface area contributed by atoms with Gasteiger partial charge in [0, 0.05) is 6.04 Å². The molecule has 0 aromatic rings. The molecular weight excluding hydrogens is 250 g/mol. The summed E-state index contributed by atoms with van der Waals surface area (Å²) >= 11 is 5.26. The fourth-order valence-electron chi connectivity index (χ4n) is 1.36. The van der Waals surface area contributed by atoms with E-state index >= 15 is 0 Å². The third kappa shape index (κ3) is 4.36. The van der Waals surface area contributed by atoms with Crippen LogP contribution in [0.1, 0.15) is 26.2 Å². The van der Waals surface area contributed by atoms with Gasteiger partial charge in [0.1, 0.15) is 0 Å². The molecule has 2 unspecified atom stereocenters. The quantitative estimate of drug-likeness (QED) is 0.776. The highest BCUT2D eigenvalue weighted by molar-refractivity contribution is 9.10. The minimum Gasteiger partial charge on any atom is -0.352 e. The zero-order valence-electron chi connectivity index (χ0n) is 7.88. The number of hydrogen-bond donors (Lipinski definition) is 1. The van der Waals surface area contributed by atoms with Crippen LogP contribution in [0.25, 0.3) is 0 Å². The summed E-state index contributed by atoms with van der Waals surface area (Å²) in [4.78, 5) is 11.3. The normalized spacial score (nSPS) is 26.2. The largest absolute Gasteiger partial charge is 0.352 e. The molecule has 0 radical (unpaired) electrons. The van der Waals surface area contributed by atoms with Gasteiger partial charge in [-0.25, -0.2) is 0 Å². The summed E-state index contributed by atoms with van der Waals surface area (Å²) in [6.45, 7) is 1.86. The third-order valence-electron chi connectivity index (χ3n) is 2.16. The van der Waals surface area contributed by atoms with E-state index in [4.69, 9.17) is 0 Å². The molecule has 0 bridgehead atoms. The topological polar surface area (TPSA) is 29.1 Å². The van der Waals surface area contributed by atoms with E-state index in [-0.39, 0.29) is 10.7 Å². The Bertz CT molecular complexity index is 167. The molecule has 1 fully saturated rings. The molecule has 1 heterocycles. The van der Waals surface area contributed by atoms with Crippen molar-refractivity contribution >= 4 is 33.6 Å². The van der Waals surface area contributed by atoms with Gasteiger partial charge in [0.2, 0.25) is 5.91 Å². The molecule has 2 atom stereocenters. The number of alkyl halides is 1. The highest BCUT2D eigenvalue weighted by atomic mass is 79.9. The first-order valence-electron chi connectivity index (χ1n) is 4.72. The molecule has 0 saturated carbocycles. The van der Waals surface area contributed by atoms with E-state index in [9.17, 15) is 4.79 Å². The van der Waals surface area contributed by atoms with Gasteiger partial charge in [-0.15, -0.1) is 0 Å². The summed E-state index contributed by atoms with van der Waals surface area (Å²) < 4.78 is 0. The summed E-state index contributed by atoms with van der Waals surface area (Å²) in [5.74, 6) is 2.55. The zero-order valence-corrected chi connectivity index (χ0v) is 10.3. The average molecular weight is 266 g/mol. The Morgan fingerprint density at radius 2 is 2.31 bits per heavy atom. The van der Waals surface area contributed by atoms with Crippen molar-refractivity contribution in [3.05, 3.63) is 0 Å². The van der Waals surface area contributed by atoms with Crippen LogP contribution in [-0.4, -0.2) is 28.3 Å². The molecule has 1 saturated heterocycles. The first-order valence-corrected chi connectivity index (χ1v) is 6.79. The monoisotopic (exact) mass is 265 g/mol. The fraction of sp³-hybridized carbons (Fsp3) is 0.889. The second-order valence-corrected chi connectivity index (χ2v) is 5.96. The first-order chi connectivity index (χ1) is 6.20. The lowest BCUT2D eigenvalue weighted by Crippen LogP contribution is -2.38. The van der Waals surface area contributed by atoms with Crippen LogP contribution < -0.4 is 5.32 Å². The minimum absolute atomic E-state index is 0.0663. The Labute approximate surface area is 92.4 Å². The maximum absolute atomic E-state index is 11.4. The van der Waals surface area contributed by atoms with Gasteiger partial charge in [-0.3, -0.25) is 4.79 Å². The Balaban J connectivity index is 2.29. The number of hydrogen-bond acceptors (Lipinski definition) is 2. The molecule has 1 aliphatic rings. The van der Waals surface area contributed by atoms with Crippen LogP contribution in [0.3, 0.4) is 0 Å². The van der Waals surface area contributed by atoms with Gasteiger partial charge in [0.15, 0.2) is 0 Å². The van der Waals surface area contributed by atoms with Crippen molar-refractivity contribution in [3.63, 3.8) is 0 Å². The number of nitrogens with one attached hydrogen (secondary N) is 1. The third-order valence-corrected chi connectivity index (χ3v) is 3.68. The van der Waals surface area contributed by atoms with Crippen molar-refractivity contribution in [2.75, 3.05) is 11.5 Å². The molecule has 1 aliphatic heterocycles. The van der Waals surface area contributed by atoms with Crippen molar-refractivity contribution in [2.24, 2.45) is 0 Å². The summed E-state index contributed by atoms with van der Waals surface area (Å²) in [6, 6.07) is 0.405. The lowest BCUT2D eigenvalue weighted by atomic mass is 10.1. The minimum atomic E-state index is -0.0663. The highest BCUT2D eigenvalue weighted by Gasteiger charge is 2.16. The fourth-order valence-corrected chi connectivity index (χ4v) is 2.52. The van der Waals surface area contributed by atoms with E-state index in [1.54, 1.807) is 0 Å². The van der Waals surface area contributed by atoms with Crippen molar-refractivity contribution in [1.82, 2.24) is 5.32 Å². The van der Waals surface area contributed by atoms with Crippen molar-refractivity contribution in [1.29, 1.82) is 0 Å². The van der Waals surface area contributed by atoms with E-state index in [0.29, 0.717) is 6.04 Å². The second-order valence-electron chi connectivity index (χ2n) is 3.36. The van der Waals surface area contributed by atoms with Crippen molar-refractivity contribution < 1.29 is 4.79 Å². The SMILES string of the molecule is CC(Br)C(=O)NC1CCCSCC1. The first kappa shape index (κ1) is 11.4. The lowest BCUT2D eigenvalue weighted by molar-refractivity contribution is -0.120. The summed E-state index contributed by atoms with van der Waals surface area (Å²) in [5.41, 5.74) is 0. The van der Waals surface area contributed by atoms with E-state index in [1.807, 2.05) is 18.7 Å². The molecule has 0 spiro atoms. The zero-order chi connectivity index (χ0) is 9.68. The number of amides is 1. The Hall–Kier alpha value is 0.300. The number of carbonyl (C=O) groups excluding carboxylic acids is 1. The smallest absolute Gasteiger partial charge is 0.233 e. The number of carbonyl (C=O) groups is 1. The maximum Gasteiger partial charge on any atom is 0.233 e. The van der Waals surface area contributed by atoms with Crippen LogP contribution >= 0.6 is 27.7 Å². The molecule has 1 amide bonds. The molecule has 0 aromatic carbocycles. The van der Waals surface area contributed by atoms with Crippen LogP contribution in [0.5, 0.6) is 0 Å². The van der Waals surface area contributed by atoms with Crippen molar-refractivity contribution in [2.45, 2.75) is 37.1 Å². The molecule has 0 aliphatic carbocycles. The lowest BCUT2D eigenvalue weighted by Gasteiger charge is -2.16. The van der Waals surface area contributed by atoms with Gasteiger partial charge >= 0.3 is 0 Å². The van der Waals surface area contributed by atoms with Gasteiger partial charge in [-0.2, -0.15) is 11.8 Å². The van der Waals surface area contributed by atoms with Crippen molar-refractivity contribution in [3.8, 4) is 0 Å². The standard InChI is InChI=1S/C9H16BrNOS/c1-7(10)9(12)11-8-3-2-5-13-6-4-8/h7-8H,2-6H2,1H3,(H,11,12). The van der Waals surface area contributed by atoms with Crippen LogP contribution in [0.4, 0.5) is 0 Å². The predicted molar refractivity (Wildman–Crippen MR) is 61.5 cm³/mol. The summed E-state index contributed by atoms with van der Waals surface area (Å²) in [7, 11) is 0. The predicted octanol–water partition coefficient (Wildman–Crippen LogP) is 2.17. The molecule has 0 aromatic heterocycles. The summed E-state index contributed by atoms with van der Waals surface area (Å²) in [5, 5.41) is 3.06. The Kier molecular flexibility index (Phi) is 5.17. The molecule has 76 valence electrons. The van der Waals surface area contributed by atoms with E-state index in [0.717, 1.165) is 12.8 Å². The molecule has 4 heteroatoms. The number of halogens is 1. The number of thioether (sulfide) groups is 1. The van der Waals surface area contributed by atoms with Gasteiger partial charge in [-0.1, -0.05) is 15.9 Å². The van der Waals surface area contributed by atoms with Gasteiger partial charge in [0.05, 0.1) is 4.83 Å². The molecule has 2 nitrogen and oxygen atoms in total. The average Bonchev–Trinajstić information content (AvgIpc) is 2.32. The highest BCUT2D eigenvalue weighted by Crippen LogP contribution is 2.17. The van der Waals surface area contributed by atoms with E-state index < -0.39 is 0 Å². The maximum atomic E-state index is 11.4. The Morgan fingerprint density at radius 3 is 3.00 bits per heavy atom.